The first-order valence-electron chi connectivity index (χ1n) is 5.56. The third-order valence-corrected chi connectivity index (χ3v) is 2.73. The fourth-order valence-electron chi connectivity index (χ4n) is 1.86. The van der Waals surface area contributed by atoms with Gasteiger partial charge < -0.3 is 10.1 Å². The van der Waals surface area contributed by atoms with E-state index < -0.39 is 0 Å². The summed E-state index contributed by atoms with van der Waals surface area (Å²) < 4.78 is 5.61. The zero-order valence-electron chi connectivity index (χ0n) is 9.38. The maximum absolute atomic E-state index is 11.3. The highest BCUT2D eigenvalue weighted by atomic mass is 16.5. The number of carbonyl (C=O) groups excluding carboxylic acids is 1. The zero-order chi connectivity index (χ0) is 10.6. The van der Waals surface area contributed by atoms with Gasteiger partial charge in [0.2, 0.25) is 5.91 Å². The van der Waals surface area contributed by atoms with Crippen molar-refractivity contribution in [1.29, 1.82) is 0 Å². The van der Waals surface area contributed by atoms with Gasteiger partial charge in [0, 0.05) is 14.5 Å². The van der Waals surface area contributed by atoms with Gasteiger partial charge in [-0.3, -0.25) is 4.79 Å². The van der Waals surface area contributed by atoms with E-state index in [9.17, 15) is 4.79 Å². The first kappa shape index (κ1) is 11.5. The van der Waals surface area contributed by atoms with Crippen molar-refractivity contribution in [3.63, 3.8) is 0 Å². The molecule has 0 aromatic carbocycles. The van der Waals surface area contributed by atoms with Gasteiger partial charge in [-0.2, -0.15) is 0 Å². The van der Waals surface area contributed by atoms with Gasteiger partial charge in [0.25, 0.3) is 0 Å². The lowest BCUT2D eigenvalue weighted by atomic mass is 9.96. The molecule has 1 saturated heterocycles. The molecule has 0 unspecified atom stereocenters. The average Bonchev–Trinajstić information content (AvgIpc) is 2.65. The topological polar surface area (TPSA) is 38.3 Å². The van der Waals surface area contributed by atoms with Gasteiger partial charge in [0.05, 0.1) is 12.1 Å². The molecule has 0 aliphatic carbocycles. The number of hydrogen-bond acceptors (Lipinski definition) is 2. The number of carbonyl (C=O) groups is 1. The van der Waals surface area contributed by atoms with Crippen molar-refractivity contribution in [2.24, 2.45) is 5.92 Å². The standard InChI is InChI=1S/C11H21NO2.H2/c1-4-10(13)12-11(8(2)3)9-6-5-7-14-9;/h8-9,11H,4-7H2,1-3H3,(H,12,13);1H/t9-,11+;/m0./s1. The van der Waals surface area contributed by atoms with Gasteiger partial charge >= 0.3 is 0 Å². The first-order chi connectivity index (χ1) is 6.65. The Balaban J connectivity index is 0.00000196. The van der Waals surface area contributed by atoms with Crippen LogP contribution in [0.5, 0.6) is 0 Å². The molecule has 0 aromatic heterocycles. The fourth-order valence-corrected chi connectivity index (χ4v) is 1.86. The van der Waals surface area contributed by atoms with Crippen LogP contribution in [0.4, 0.5) is 0 Å². The van der Waals surface area contributed by atoms with Crippen molar-refractivity contribution >= 4 is 5.91 Å². The van der Waals surface area contributed by atoms with Crippen LogP contribution in [0.25, 0.3) is 0 Å². The molecule has 0 bridgehead atoms. The Morgan fingerprint density at radius 2 is 2.36 bits per heavy atom. The Bertz CT molecular complexity index is 191. The summed E-state index contributed by atoms with van der Waals surface area (Å²) in [6, 6.07) is 0.185. The van der Waals surface area contributed by atoms with Crippen molar-refractivity contribution in [3.05, 3.63) is 0 Å². The summed E-state index contributed by atoms with van der Waals surface area (Å²) in [7, 11) is 0. The second kappa shape index (κ2) is 5.35. The Morgan fingerprint density at radius 3 is 2.79 bits per heavy atom. The Hall–Kier alpha value is -0.570. The predicted octanol–water partition coefficient (Wildman–Crippen LogP) is 1.96. The van der Waals surface area contributed by atoms with Crippen molar-refractivity contribution in [2.45, 2.75) is 52.2 Å². The molecule has 1 N–H and O–H groups in total. The van der Waals surface area contributed by atoms with E-state index in [0.717, 1.165) is 19.4 Å². The molecule has 3 heteroatoms. The second-order valence-electron chi connectivity index (χ2n) is 4.24. The third-order valence-electron chi connectivity index (χ3n) is 2.73. The summed E-state index contributed by atoms with van der Waals surface area (Å²) in [6.07, 6.45) is 2.98. The molecule has 1 fully saturated rings. The van der Waals surface area contributed by atoms with Crippen LogP contribution in [-0.4, -0.2) is 24.7 Å². The molecule has 14 heavy (non-hydrogen) atoms. The van der Waals surface area contributed by atoms with Gasteiger partial charge in [0.1, 0.15) is 0 Å². The summed E-state index contributed by atoms with van der Waals surface area (Å²) >= 11 is 0. The Morgan fingerprint density at radius 1 is 1.64 bits per heavy atom. The molecule has 0 radical (unpaired) electrons. The van der Waals surface area contributed by atoms with E-state index in [1.54, 1.807) is 0 Å². The van der Waals surface area contributed by atoms with E-state index in [0.29, 0.717) is 12.3 Å². The quantitative estimate of drug-likeness (QED) is 0.755. The maximum Gasteiger partial charge on any atom is 0.220 e. The minimum atomic E-state index is 0. The van der Waals surface area contributed by atoms with Crippen LogP contribution < -0.4 is 5.32 Å². The van der Waals surface area contributed by atoms with E-state index >= 15 is 0 Å². The number of hydrogen-bond donors (Lipinski definition) is 1. The minimum absolute atomic E-state index is 0. The van der Waals surface area contributed by atoms with E-state index in [2.05, 4.69) is 19.2 Å². The average molecular weight is 201 g/mol. The van der Waals surface area contributed by atoms with Crippen molar-refractivity contribution in [1.82, 2.24) is 5.32 Å². The summed E-state index contributed by atoms with van der Waals surface area (Å²) in [5.41, 5.74) is 0. The van der Waals surface area contributed by atoms with Gasteiger partial charge in [-0.05, 0) is 18.8 Å². The van der Waals surface area contributed by atoms with Crippen LogP contribution in [-0.2, 0) is 9.53 Å². The van der Waals surface area contributed by atoms with Crippen LogP contribution >= 0.6 is 0 Å². The lowest BCUT2D eigenvalue weighted by Crippen LogP contribution is -2.46. The summed E-state index contributed by atoms with van der Waals surface area (Å²) in [5, 5.41) is 3.04. The highest BCUT2D eigenvalue weighted by Crippen LogP contribution is 2.20. The summed E-state index contributed by atoms with van der Waals surface area (Å²) in [5.74, 6) is 0.563. The van der Waals surface area contributed by atoms with Crippen LogP contribution in [0.1, 0.15) is 41.5 Å². The lowest BCUT2D eigenvalue weighted by molar-refractivity contribution is -0.122. The van der Waals surface area contributed by atoms with Gasteiger partial charge in [0.15, 0.2) is 0 Å². The zero-order valence-corrected chi connectivity index (χ0v) is 9.38. The van der Waals surface area contributed by atoms with Gasteiger partial charge in [-0.15, -0.1) is 0 Å². The Labute approximate surface area is 87.7 Å². The first-order valence-corrected chi connectivity index (χ1v) is 5.56. The normalized spacial score (nSPS) is 23.9. The van der Waals surface area contributed by atoms with Crippen molar-refractivity contribution < 1.29 is 11.0 Å². The molecular weight excluding hydrogens is 178 g/mol. The highest BCUT2D eigenvalue weighted by Gasteiger charge is 2.29. The molecule has 84 valence electrons. The van der Waals surface area contributed by atoms with E-state index in [-0.39, 0.29) is 19.5 Å². The van der Waals surface area contributed by atoms with Crippen LogP contribution in [0.3, 0.4) is 0 Å². The molecule has 1 aliphatic rings. The second-order valence-corrected chi connectivity index (χ2v) is 4.24. The summed E-state index contributed by atoms with van der Waals surface area (Å²) in [4.78, 5) is 11.3. The molecule has 1 amide bonds. The minimum Gasteiger partial charge on any atom is -0.376 e. The lowest BCUT2D eigenvalue weighted by Gasteiger charge is -2.27. The van der Waals surface area contributed by atoms with Crippen molar-refractivity contribution in [3.8, 4) is 0 Å². The summed E-state index contributed by atoms with van der Waals surface area (Å²) in [6.45, 7) is 6.97. The molecule has 1 heterocycles. The van der Waals surface area contributed by atoms with Crippen LogP contribution in [0, 0.1) is 5.92 Å². The number of ether oxygens (including phenoxy) is 1. The Kier molecular flexibility index (Phi) is 4.39. The van der Waals surface area contributed by atoms with Gasteiger partial charge in [-0.1, -0.05) is 20.8 Å². The molecule has 0 aromatic rings. The molecule has 1 rings (SSSR count). The third kappa shape index (κ3) is 2.98. The largest absolute Gasteiger partial charge is 0.376 e. The monoisotopic (exact) mass is 201 g/mol. The van der Waals surface area contributed by atoms with E-state index in [1.807, 2.05) is 6.92 Å². The predicted molar refractivity (Wildman–Crippen MR) is 58.1 cm³/mol. The molecule has 2 atom stereocenters. The smallest absolute Gasteiger partial charge is 0.220 e. The highest BCUT2D eigenvalue weighted by molar-refractivity contribution is 5.75. The van der Waals surface area contributed by atoms with E-state index in [1.165, 1.54) is 0 Å². The molecule has 0 saturated carbocycles. The van der Waals surface area contributed by atoms with Crippen LogP contribution in [0.15, 0.2) is 0 Å². The maximum atomic E-state index is 11.3. The molecule has 0 spiro atoms. The van der Waals surface area contributed by atoms with Crippen molar-refractivity contribution in [2.75, 3.05) is 6.61 Å². The molecule has 1 aliphatic heterocycles. The number of nitrogens with one attached hydrogen (secondary N) is 1. The SMILES string of the molecule is CCC(=O)N[C@H](C(C)C)[C@@H]1CCCO1.[HH]. The van der Waals surface area contributed by atoms with E-state index in [4.69, 9.17) is 4.74 Å². The fraction of sp³-hybridized carbons (Fsp3) is 0.909. The number of amides is 1. The van der Waals surface area contributed by atoms with Gasteiger partial charge in [-0.25, -0.2) is 0 Å². The number of rotatable bonds is 4. The van der Waals surface area contributed by atoms with Crippen LogP contribution in [0.2, 0.25) is 0 Å². The molecular formula is C11H23NO2. The molecule has 3 nitrogen and oxygen atoms in total.